The van der Waals surface area contributed by atoms with Crippen LogP contribution in [-0.2, 0) is 0 Å². The second kappa shape index (κ2) is 4.81. The van der Waals surface area contributed by atoms with Crippen LogP contribution in [0.4, 0.5) is 5.69 Å². The first-order valence-electron chi connectivity index (χ1n) is 6.66. The Morgan fingerprint density at radius 2 is 1.43 bits per heavy atom. The van der Waals surface area contributed by atoms with E-state index < -0.39 is 0 Å². The molecule has 106 valence electrons. The third-order valence-corrected chi connectivity index (χ3v) is 4.18. The highest BCUT2D eigenvalue weighted by molar-refractivity contribution is 9.10. The summed E-state index contributed by atoms with van der Waals surface area (Å²) >= 11 is 3.44. The number of fused-ring (bicyclic) bond motifs is 1. The standard InChI is InChI=1S/C17H14BrNO2/c1-9-4-5-13-14(6-9)17(21)19(16(13)20)15-10(2)7-12(18)8-11(15)3/h4-8H,1-3H3. The van der Waals surface area contributed by atoms with Crippen LogP contribution in [0, 0.1) is 20.8 Å². The van der Waals surface area contributed by atoms with Crippen molar-refractivity contribution < 1.29 is 9.59 Å². The topological polar surface area (TPSA) is 37.4 Å². The second-order valence-corrected chi connectivity index (χ2v) is 6.30. The van der Waals surface area contributed by atoms with Gasteiger partial charge in [-0.15, -0.1) is 0 Å². The Morgan fingerprint density at radius 3 is 2.05 bits per heavy atom. The zero-order valence-electron chi connectivity index (χ0n) is 12.0. The molecule has 2 amide bonds. The van der Waals surface area contributed by atoms with Gasteiger partial charge in [-0.05, 0) is 56.2 Å². The Balaban J connectivity index is 2.19. The highest BCUT2D eigenvalue weighted by atomic mass is 79.9. The van der Waals surface area contributed by atoms with Crippen molar-refractivity contribution in [2.45, 2.75) is 20.8 Å². The third-order valence-electron chi connectivity index (χ3n) is 3.72. The molecule has 21 heavy (non-hydrogen) atoms. The summed E-state index contributed by atoms with van der Waals surface area (Å²) in [7, 11) is 0. The van der Waals surface area contributed by atoms with Crippen molar-refractivity contribution >= 4 is 33.4 Å². The lowest BCUT2D eigenvalue weighted by Gasteiger charge is -2.19. The number of hydrogen-bond acceptors (Lipinski definition) is 2. The number of aryl methyl sites for hydroxylation is 3. The van der Waals surface area contributed by atoms with E-state index in [-0.39, 0.29) is 11.8 Å². The zero-order valence-corrected chi connectivity index (χ0v) is 13.6. The molecule has 0 saturated carbocycles. The largest absolute Gasteiger partial charge is 0.268 e. The monoisotopic (exact) mass is 343 g/mol. The van der Waals surface area contributed by atoms with E-state index in [1.807, 2.05) is 39.0 Å². The molecule has 1 heterocycles. The van der Waals surface area contributed by atoms with Gasteiger partial charge in [0.05, 0.1) is 16.8 Å². The van der Waals surface area contributed by atoms with Crippen LogP contribution in [0.2, 0.25) is 0 Å². The van der Waals surface area contributed by atoms with Gasteiger partial charge >= 0.3 is 0 Å². The van der Waals surface area contributed by atoms with Crippen LogP contribution in [0.3, 0.4) is 0 Å². The van der Waals surface area contributed by atoms with Crippen molar-refractivity contribution in [3.63, 3.8) is 0 Å². The molecule has 0 radical (unpaired) electrons. The van der Waals surface area contributed by atoms with Crippen LogP contribution in [0.15, 0.2) is 34.8 Å². The molecule has 2 aromatic carbocycles. The summed E-state index contributed by atoms with van der Waals surface area (Å²) in [6.07, 6.45) is 0. The molecular weight excluding hydrogens is 330 g/mol. The number of imide groups is 1. The molecule has 0 fully saturated rings. The first kappa shape index (κ1) is 14.0. The number of nitrogens with zero attached hydrogens (tertiary/aromatic N) is 1. The average molecular weight is 344 g/mol. The average Bonchev–Trinajstić information content (AvgIpc) is 2.62. The van der Waals surface area contributed by atoms with Gasteiger partial charge in [0.1, 0.15) is 0 Å². The lowest BCUT2D eigenvalue weighted by Crippen LogP contribution is -2.30. The number of rotatable bonds is 1. The number of halogens is 1. The summed E-state index contributed by atoms with van der Waals surface area (Å²) < 4.78 is 0.939. The molecule has 1 aliphatic heterocycles. The van der Waals surface area contributed by atoms with E-state index in [2.05, 4.69) is 15.9 Å². The molecule has 3 nitrogen and oxygen atoms in total. The van der Waals surface area contributed by atoms with Gasteiger partial charge in [-0.3, -0.25) is 9.59 Å². The molecule has 1 aliphatic rings. The van der Waals surface area contributed by atoms with Crippen LogP contribution in [-0.4, -0.2) is 11.8 Å². The van der Waals surface area contributed by atoms with Crippen molar-refractivity contribution in [3.05, 3.63) is 62.6 Å². The predicted octanol–water partition coefficient (Wildman–Crippen LogP) is 4.17. The highest BCUT2D eigenvalue weighted by Gasteiger charge is 2.37. The Labute approximate surface area is 131 Å². The second-order valence-electron chi connectivity index (χ2n) is 5.38. The minimum atomic E-state index is -0.247. The van der Waals surface area contributed by atoms with Crippen LogP contribution in [0.1, 0.15) is 37.4 Å². The Kier molecular flexibility index (Phi) is 3.21. The minimum absolute atomic E-state index is 0.243. The summed E-state index contributed by atoms with van der Waals surface area (Å²) in [5.74, 6) is -0.490. The van der Waals surface area contributed by atoms with Gasteiger partial charge in [-0.1, -0.05) is 27.6 Å². The lowest BCUT2D eigenvalue weighted by molar-refractivity contribution is 0.0925. The number of anilines is 1. The minimum Gasteiger partial charge on any atom is -0.268 e. The van der Waals surface area contributed by atoms with Crippen molar-refractivity contribution in [2.75, 3.05) is 4.90 Å². The molecular formula is C17H14BrNO2. The van der Waals surface area contributed by atoms with Crippen molar-refractivity contribution in [1.29, 1.82) is 0 Å². The van der Waals surface area contributed by atoms with Gasteiger partial charge in [-0.25, -0.2) is 4.90 Å². The van der Waals surface area contributed by atoms with Crippen LogP contribution >= 0.6 is 15.9 Å². The molecule has 0 aliphatic carbocycles. The molecule has 0 spiro atoms. The number of benzene rings is 2. The Bertz CT molecular complexity index is 772. The van der Waals surface area contributed by atoms with E-state index in [0.29, 0.717) is 16.8 Å². The van der Waals surface area contributed by atoms with Crippen molar-refractivity contribution in [1.82, 2.24) is 0 Å². The third kappa shape index (κ3) is 2.10. The summed E-state index contributed by atoms with van der Waals surface area (Å²) in [6.45, 7) is 5.72. The molecule has 3 rings (SSSR count). The van der Waals surface area contributed by atoms with E-state index in [0.717, 1.165) is 21.2 Å². The Hall–Kier alpha value is -1.94. The number of amides is 2. The maximum atomic E-state index is 12.6. The normalized spacial score (nSPS) is 13.8. The van der Waals surface area contributed by atoms with Crippen LogP contribution < -0.4 is 4.90 Å². The van der Waals surface area contributed by atoms with Gasteiger partial charge in [0, 0.05) is 4.47 Å². The molecule has 4 heteroatoms. The van der Waals surface area contributed by atoms with Gasteiger partial charge in [0.15, 0.2) is 0 Å². The fourth-order valence-corrected chi connectivity index (χ4v) is 3.50. The highest BCUT2D eigenvalue weighted by Crippen LogP contribution is 2.34. The van der Waals surface area contributed by atoms with E-state index >= 15 is 0 Å². The fourth-order valence-electron chi connectivity index (χ4n) is 2.81. The maximum Gasteiger partial charge on any atom is 0.266 e. The van der Waals surface area contributed by atoms with Crippen molar-refractivity contribution in [2.24, 2.45) is 0 Å². The smallest absolute Gasteiger partial charge is 0.266 e. The molecule has 0 bridgehead atoms. The van der Waals surface area contributed by atoms with Crippen molar-refractivity contribution in [3.8, 4) is 0 Å². The first-order chi connectivity index (χ1) is 9.90. The van der Waals surface area contributed by atoms with Gasteiger partial charge < -0.3 is 0 Å². The summed E-state index contributed by atoms with van der Waals surface area (Å²) in [5, 5.41) is 0. The fraction of sp³-hybridized carbons (Fsp3) is 0.176. The lowest BCUT2D eigenvalue weighted by atomic mass is 10.1. The SMILES string of the molecule is Cc1ccc2c(c1)C(=O)N(c1c(C)cc(Br)cc1C)C2=O. The molecule has 0 unspecified atom stereocenters. The molecule has 0 saturated heterocycles. The van der Waals surface area contributed by atoms with Gasteiger partial charge in [0.2, 0.25) is 0 Å². The zero-order chi connectivity index (χ0) is 15.3. The molecule has 2 aromatic rings. The quantitative estimate of drug-likeness (QED) is 0.728. The Morgan fingerprint density at radius 1 is 0.857 bits per heavy atom. The van der Waals surface area contributed by atoms with Gasteiger partial charge in [0.25, 0.3) is 11.8 Å². The molecule has 0 N–H and O–H groups in total. The van der Waals surface area contributed by atoms with E-state index in [1.165, 1.54) is 4.90 Å². The van der Waals surface area contributed by atoms with E-state index in [1.54, 1.807) is 12.1 Å². The maximum absolute atomic E-state index is 12.6. The number of carbonyl (C=O) groups is 2. The molecule has 0 aromatic heterocycles. The summed E-state index contributed by atoms with van der Waals surface area (Å²) in [4.78, 5) is 26.5. The van der Waals surface area contributed by atoms with Crippen LogP contribution in [0.5, 0.6) is 0 Å². The first-order valence-corrected chi connectivity index (χ1v) is 7.45. The number of hydrogen-bond donors (Lipinski definition) is 0. The summed E-state index contributed by atoms with van der Waals surface area (Å²) in [6, 6.07) is 9.19. The molecule has 0 atom stereocenters. The van der Waals surface area contributed by atoms with Crippen LogP contribution in [0.25, 0.3) is 0 Å². The van der Waals surface area contributed by atoms with E-state index in [4.69, 9.17) is 0 Å². The van der Waals surface area contributed by atoms with E-state index in [9.17, 15) is 9.59 Å². The van der Waals surface area contributed by atoms with Gasteiger partial charge in [-0.2, -0.15) is 0 Å². The number of carbonyl (C=O) groups excluding carboxylic acids is 2. The predicted molar refractivity (Wildman–Crippen MR) is 85.9 cm³/mol. The summed E-state index contributed by atoms with van der Waals surface area (Å²) in [5.41, 5.74) is 4.42.